The van der Waals surface area contributed by atoms with E-state index in [1.165, 1.54) is 11.1 Å². The third kappa shape index (κ3) is 2.61. The second-order valence-corrected chi connectivity index (χ2v) is 5.29. The van der Waals surface area contributed by atoms with Crippen LogP contribution in [-0.2, 0) is 6.42 Å². The van der Waals surface area contributed by atoms with Gasteiger partial charge in [-0.15, -0.1) is 0 Å². The molecular formula is C14H20N2O. The molecule has 0 bridgehead atoms. The molecule has 17 heavy (non-hydrogen) atoms. The molecule has 3 heteroatoms. The van der Waals surface area contributed by atoms with Crippen molar-refractivity contribution in [1.82, 2.24) is 4.98 Å². The van der Waals surface area contributed by atoms with Crippen molar-refractivity contribution in [1.29, 1.82) is 0 Å². The van der Waals surface area contributed by atoms with Crippen molar-refractivity contribution in [3.05, 3.63) is 30.0 Å². The number of nitrogens with one attached hydrogen (secondary N) is 1. The van der Waals surface area contributed by atoms with E-state index in [-0.39, 0.29) is 5.41 Å². The van der Waals surface area contributed by atoms with Gasteiger partial charge in [-0.2, -0.15) is 0 Å². The second kappa shape index (κ2) is 4.41. The summed E-state index contributed by atoms with van der Waals surface area (Å²) < 4.78 is 5.21. The number of ether oxygens (including phenoxy) is 1. The molecule has 2 rings (SSSR count). The molecule has 3 nitrogen and oxygen atoms in total. The minimum absolute atomic E-state index is 0.130. The first-order valence-electron chi connectivity index (χ1n) is 5.90. The summed E-state index contributed by atoms with van der Waals surface area (Å²) in [4.78, 5) is 3.43. The Morgan fingerprint density at radius 3 is 2.71 bits per heavy atom. The van der Waals surface area contributed by atoms with E-state index in [4.69, 9.17) is 10.5 Å². The van der Waals surface area contributed by atoms with Crippen LogP contribution in [0.5, 0.6) is 5.75 Å². The standard InChI is InChI=1S/C14H20N2O/c1-14(2,9-15)8-11-6-10-4-5-12(17-3)7-13(10)16-11/h4-7,16H,8-9,15H2,1-3H3. The molecule has 0 saturated heterocycles. The molecule has 0 aliphatic heterocycles. The zero-order valence-corrected chi connectivity index (χ0v) is 10.7. The quantitative estimate of drug-likeness (QED) is 0.851. The lowest BCUT2D eigenvalue weighted by atomic mass is 9.88. The first-order chi connectivity index (χ1) is 8.04. The Morgan fingerprint density at radius 1 is 1.29 bits per heavy atom. The predicted molar refractivity (Wildman–Crippen MR) is 71.4 cm³/mol. The molecule has 92 valence electrons. The molecule has 0 spiro atoms. The molecule has 3 N–H and O–H groups in total. The van der Waals surface area contributed by atoms with Gasteiger partial charge in [0.15, 0.2) is 0 Å². The number of aromatic nitrogens is 1. The van der Waals surface area contributed by atoms with Crippen molar-refractivity contribution < 1.29 is 4.74 Å². The van der Waals surface area contributed by atoms with Crippen LogP contribution in [0.15, 0.2) is 24.3 Å². The fraction of sp³-hybridized carbons (Fsp3) is 0.429. The highest BCUT2D eigenvalue weighted by molar-refractivity contribution is 5.81. The lowest BCUT2D eigenvalue weighted by molar-refractivity contribution is 0.373. The summed E-state index contributed by atoms with van der Waals surface area (Å²) in [6.07, 6.45) is 0.959. The summed E-state index contributed by atoms with van der Waals surface area (Å²) in [7, 11) is 1.68. The van der Waals surface area contributed by atoms with Gasteiger partial charge in [-0.1, -0.05) is 13.8 Å². The Hall–Kier alpha value is -1.48. The SMILES string of the molecule is COc1ccc2cc(CC(C)(C)CN)[nH]c2c1. The fourth-order valence-electron chi connectivity index (χ4n) is 1.98. The fourth-order valence-corrected chi connectivity index (χ4v) is 1.98. The zero-order chi connectivity index (χ0) is 12.5. The zero-order valence-electron chi connectivity index (χ0n) is 10.7. The number of benzene rings is 1. The van der Waals surface area contributed by atoms with Crippen molar-refractivity contribution >= 4 is 10.9 Å². The monoisotopic (exact) mass is 232 g/mol. The van der Waals surface area contributed by atoms with Crippen molar-refractivity contribution in [3.8, 4) is 5.75 Å². The van der Waals surface area contributed by atoms with Crippen LogP contribution in [0.4, 0.5) is 0 Å². The molecule has 1 heterocycles. The summed E-state index contributed by atoms with van der Waals surface area (Å²) in [5, 5.41) is 1.22. The molecule has 0 atom stereocenters. The summed E-state index contributed by atoms with van der Waals surface area (Å²) >= 11 is 0. The van der Waals surface area contributed by atoms with Gasteiger partial charge in [-0.3, -0.25) is 0 Å². The first kappa shape index (κ1) is 12.0. The molecular weight excluding hydrogens is 212 g/mol. The van der Waals surface area contributed by atoms with Crippen LogP contribution in [-0.4, -0.2) is 18.6 Å². The summed E-state index contributed by atoms with van der Waals surface area (Å²) in [5.74, 6) is 0.879. The van der Waals surface area contributed by atoms with Crippen molar-refractivity contribution in [2.45, 2.75) is 20.3 Å². The molecule has 0 aliphatic rings. The molecule has 0 saturated carbocycles. The van der Waals surface area contributed by atoms with E-state index in [0.29, 0.717) is 6.54 Å². The average molecular weight is 232 g/mol. The van der Waals surface area contributed by atoms with E-state index in [0.717, 1.165) is 17.7 Å². The Bertz CT molecular complexity index is 514. The molecule has 1 aromatic carbocycles. The van der Waals surface area contributed by atoms with Gasteiger partial charge in [0.1, 0.15) is 5.75 Å². The number of fused-ring (bicyclic) bond motifs is 1. The highest BCUT2D eigenvalue weighted by atomic mass is 16.5. The third-order valence-electron chi connectivity index (χ3n) is 3.11. The van der Waals surface area contributed by atoms with Gasteiger partial charge in [0.2, 0.25) is 0 Å². The van der Waals surface area contributed by atoms with Crippen LogP contribution in [0.1, 0.15) is 19.5 Å². The highest BCUT2D eigenvalue weighted by Crippen LogP contribution is 2.25. The molecule has 1 aromatic heterocycles. The molecule has 0 fully saturated rings. The topological polar surface area (TPSA) is 51.0 Å². The number of hydrogen-bond donors (Lipinski definition) is 2. The van der Waals surface area contributed by atoms with Gasteiger partial charge >= 0.3 is 0 Å². The molecule has 0 radical (unpaired) electrons. The van der Waals surface area contributed by atoms with E-state index >= 15 is 0 Å². The lowest BCUT2D eigenvalue weighted by Gasteiger charge is -2.21. The van der Waals surface area contributed by atoms with E-state index in [1.54, 1.807) is 7.11 Å². The maximum absolute atomic E-state index is 5.76. The number of aromatic amines is 1. The van der Waals surface area contributed by atoms with Gasteiger partial charge in [-0.05, 0) is 42.0 Å². The number of methoxy groups -OCH3 is 1. The van der Waals surface area contributed by atoms with Gasteiger partial charge in [0, 0.05) is 17.3 Å². The van der Waals surface area contributed by atoms with Crippen LogP contribution in [0.25, 0.3) is 10.9 Å². The Morgan fingerprint density at radius 2 is 2.06 bits per heavy atom. The van der Waals surface area contributed by atoms with E-state index in [2.05, 4.69) is 31.0 Å². The maximum atomic E-state index is 5.76. The summed E-state index contributed by atoms with van der Waals surface area (Å²) in [5.41, 5.74) is 8.23. The molecule has 0 unspecified atom stereocenters. The van der Waals surface area contributed by atoms with Crippen LogP contribution in [0.2, 0.25) is 0 Å². The molecule has 0 amide bonds. The number of hydrogen-bond acceptors (Lipinski definition) is 2. The normalized spacial score (nSPS) is 12.0. The highest BCUT2D eigenvalue weighted by Gasteiger charge is 2.17. The van der Waals surface area contributed by atoms with Crippen LogP contribution in [0.3, 0.4) is 0 Å². The van der Waals surface area contributed by atoms with E-state index in [9.17, 15) is 0 Å². The number of H-pyrrole nitrogens is 1. The van der Waals surface area contributed by atoms with Crippen molar-refractivity contribution in [3.63, 3.8) is 0 Å². The van der Waals surface area contributed by atoms with Gasteiger partial charge in [0.25, 0.3) is 0 Å². The molecule has 2 aromatic rings. The number of nitrogens with two attached hydrogens (primary N) is 1. The minimum atomic E-state index is 0.130. The summed E-state index contributed by atoms with van der Waals surface area (Å²) in [6, 6.07) is 8.26. The van der Waals surface area contributed by atoms with E-state index < -0.39 is 0 Å². The van der Waals surface area contributed by atoms with Gasteiger partial charge < -0.3 is 15.5 Å². The van der Waals surface area contributed by atoms with Crippen molar-refractivity contribution in [2.24, 2.45) is 11.1 Å². The second-order valence-electron chi connectivity index (χ2n) is 5.29. The van der Waals surface area contributed by atoms with Crippen LogP contribution >= 0.6 is 0 Å². The smallest absolute Gasteiger partial charge is 0.120 e. The average Bonchev–Trinajstić information content (AvgIpc) is 2.68. The Balaban J connectivity index is 2.31. The van der Waals surface area contributed by atoms with Crippen LogP contribution in [0, 0.1) is 5.41 Å². The van der Waals surface area contributed by atoms with Crippen molar-refractivity contribution in [2.75, 3.05) is 13.7 Å². The molecule has 0 aliphatic carbocycles. The number of rotatable bonds is 4. The Kier molecular flexibility index (Phi) is 3.11. The lowest BCUT2D eigenvalue weighted by Crippen LogP contribution is -2.25. The van der Waals surface area contributed by atoms with E-state index in [1.807, 2.05) is 12.1 Å². The maximum Gasteiger partial charge on any atom is 0.120 e. The minimum Gasteiger partial charge on any atom is -0.497 e. The third-order valence-corrected chi connectivity index (χ3v) is 3.11. The van der Waals surface area contributed by atoms with Crippen LogP contribution < -0.4 is 10.5 Å². The summed E-state index contributed by atoms with van der Waals surface area (Å²) in [6.45, 7) is 5.05. The van der Waals surface area contributed by atoms with Gasteiger partial charge in [-0.25, -0.2) is 0 Å². The van der Waals surface area contributed by atoms with Gasteiger partial charge in [0.05, 0.1) is 7.11 Å². The predicted octanol–water partition coefficient (Wildman–Crippen LogP) is 2.70. The first-order valence-corrected chi connectivity index (χ1v) is 5.90. The Labute approximate surface area is 102 Å². The largest absolute Gasteiger partial charge is 0.497 e.